The molecule has 2 heterocycles. The minimum absolute atomic E-state index is 0.278. The Balaban J connectivity index is 1.88. The van der Waals surface area contributed by atoms with Crippen molar-refractivity contribution in [2.45, 2.75) is 43.9 Å². The Labute approximate surface area is 166 Å². The number of para-hydroxylation sites is 2. The van der Waals surface area contributed by atoms with Gasteiger partial charge in [-0.2, -0.15) is 5.10 Å². The zero-order chi connectivity index (χ0) is 19.9. The predicted octanol–water partition coefficient (Wildman–Crippen LogP) is 4.31. The molecule has 4 rings (SSSR count). The number of rotatable bonds is 3. The van der Waals surface area contributed by atoms with E-state index in [0.29, 0.717) is 12.2 Å². The molecule has 1 aliphatic rings. The van der Waals surface area contributed by atoms with Crippen LogP contribution in [-0.2, 0) is 21.9 Å². The van der Waals surface area contributed by atoms with E-state index in [2.05, 4.69) is 5.10 Å². The van der Waals surface area contributed by atoms with E-state index in [1.54, 1.807) is 15.2 Å². The maximum atomic E-state index is 13.7. The molecular weight excluding hydrogens is 370 g/mol. The van der Waals surface area contributed by atoms with Gasteiger partial charge in [0, 0.05) is 12.0 Å². The average molecular weight is 396 g/mol. The minimum Gasteiger partial charge on any atom is -0.266 e. The van der Waals surface area contributed by atoms with Gasteiger partial charge in [0.2, 0.25) is 0 Å². The number of nitrogens with zero attached hydrogens (tertiary/aromatic N) is 3. The quantitative estimate of drug-likeness (QED) is 0.664. The third kappa shape index (κ3) is 3.22. The molecule has 0 N–H and O–H groups in total. The number of anilines is 1. The molecule has 6 heteroatoms. The van der Waals surface area contributed by atoms with Gasteiger partial charge in [-0.15, -0.1) is 0 Å². The van der Waals surface area contributed by atoms with Crippen molar-refractivity contribution >= 4 is 15.7 Å². The van der Waals surface area contributed by atoms with Crippen LogP contribution in [0.15, 0.2) is 65.7 Å². The Bertz CT molecular complexity index is 1100. The molecule has 2 aromatic carbocycles. The number of sulfonamides is 1. The Hall–Kier alpha value is -2.60. The molecule has 0 unspecified atom stereocenters. The van der Waals surface area contributed by atoms with Crippen LogP contribution in [0.3, 0.4) is 0 Å². The summed E-state index contributed by atoms with van der Waals surface area (Å²) >= 11 is 0. The van der Waals surface area contributed by atoms with Crippen molar-refractivity contribution in [3.05, 3.63) is 72.1 Å². The average Bonchev–Trinajstić information content (AvgIpc) is 3.15. The summed E-state index contributed by atoms with van der Waals surface area (Å²) in [4.78, 5) is 0.278. The number of hydrogen-bond donors (Lipinski definition) is 0. The molecule has 0 spiro atoms. The molecule has 146 valence electrons. The first kappa shape index (κ1) is 18.7. The van der Waals surface area contributed by atoms with Crippen molar-refractivity contribution in [3.8, 4) is 5.69 Å². The molecule has 0 amide bonds. The fourth-order valence-electron chi connectivity index (χ4n) is 3.65. The summed E-state index contributed by atoms with van der Waals surface area (Å²) in [6.07, 6.45) is 3.37. The van der Waals surface area contributed by atoms with Gasteiger partial charge in [0.1, 0.15) is 4.90 Å². The van der Waals surface area contributed by atoms with E-state index < -0.39 is 15.4 Å². The van der Waals surface area contributed by atoms with E-state index in [4.69, 9.17) is 0 Å². The largest absolute Gasteiger partial charge is 0.267 e. The van der Waals surface area contributed by atoms with Gasteiger partial charge in [-0.3, -0.25) is 4.31 Å². The summed E-state index contributed by atoms with van der Waals surface area (Å²) in [6, 6.07) is 17.4. The molecule has 0 radical (unpaired) electrons. The van der Waals surface area contributed by atoms with Crippen LogP contribution in [0.5, 0.6) is 0 Å². The second kappa shape index (κ2) is 6.78. The number of fused-ring (bicyclic) bond motifs is 1. The summed E-state index contributed by atoms with van der Waals surface area (Å²) < 4.78 is 30.7. The van der Waals surface area contributed by atoms with Crippen molar-refractivity contribution in [2.24, 2.45) is 0 Å². The van der Waals surface area contributed by atoms with Crippen LogP contribution < -0.4 is 4.31 Å². The van der Waals surface area contributed by atoms with Crippen LogP contribution in [0.4, 0.5) is 5.69 Å². The first-order valence-electron chi connectivity index (χ1n) is 9.55. The van der Waals surface area contributed by atoms with E-state index >= 15 is 0 Å². The summed E-state index contributed by atoms with van der Waals surface area (Å²) in [6.45, 7) is 6.47. The van der Waals surface area contributed by atoms with Gasteiger partial charge in [0.05, 0.1) is 23.3 Å². The molecule has 3 aromatic rings. The topological polar surface area (TPSA) is 55.2 Å². The Morgan fingerprint density at radius 2 is 1.64 bits per heavy atom. The summed E-state index contributed by atoms with van der Waals surface area (Å²) in [5.41, 5.74) is 2.87. The van der Waals surface area contributed by atoms with E-state index in [0.717, 1.165) is 29.8 Å². The van der Waals surface area contributed by atoms with Gasteiger partial charge in [-0.25, -0.2) is 13.1 Å². The third-order valence-electron chi connectivity index (χ3n) is 5.05. The van der Waals surface area contributed by atoms with Crippen LogP contribution in [0.2, 0.25) is 0 Å². The van der Waals surface area contributed by atoms with Crippen LogP contribution in [0, 0.1) is 0 Å². The summed E-state index contributed by atoms with van der Waals surface area (Å²) in [7, 11) is -3.73. The van der Waals surface area contributed by atoms with E-state index in [1.165, 1.54) is 0 Å². The molecule has 0 bridgehead atoms. The highest BCUT2D eigenvalue weighted by Gasteiger charge is 2.36. The molecule has 28 heavy (non-hydrogen) atoms. The standard InChI is InChI=1S/C22H25N3O2S/c1-22(2,3)21-20(16-24(23-21)18-12-5-4-6-13-18)28(26,27)25-15-9-11-17-10-7-8-14-19(17)25/h4-8,10,12-14,16H,9,11,15H2,1-3H3. The fraction of sp³-hybridized carbons (Fsp3) is 0.318. The summed E-state index contributed by atoms with van der Waals surface area (Å²) in [5, 5.41) is 4.68. The second-order valence-electron chi connectivity index (χ2n) is 8.18. The van der Waals surface area contributed by atoms with Crippen LogP contribution >= 0.6 is 0 Å². The molecule has 5 nitrogen and oxygen atoms in total. The normalized spacial score (nSPS) is 14.8. The monoisotopic (exact) mass is 395 g/mol. The Morgan fingerprint density at radius 3 is 2.36 bits per heavy atom. The first-order chi connectivity index (χ1) is 13.3. The van der Waals surface area contributed by atoms with Crippen molar-refractivity contribution < 1.29 is 8.42 Å². The zero-order valence-electron chi connectivity index (χ0n) is 16.5. The number of hydrogen-bond acceptors (Lipinski definition) is 3. The van der Waals surface area contributed by atoms with Gasteiger partial charge in [-0.1, -0.05) is 57.2 Å². The van der Waals surface area contributed by atoms with E-state index in [-0.39, 0.29) is 4.90 Å². The van der Waals surface area contributed by atoms with Gasteiger partial charge < -0.3 is 0 Å². The molecule has 0 atom stereocenters. The van der Waals surface area contributed by atoms with E-state index in [1.807, 2.05) is 75.4 Å². The molecule has 0 saturated heterocycles. The van der Waals surface area contributed by atoms with Crippen LogP contribution in [0.25, 0.3) is 5.69 Å². The van der Waals surface area contributed by atoms with Crippen molar-refractivity contribution in [1.29, 1.82) is 0 Å². The summed E-state index contributed by atoms with van der Waals surface area (Å²) in [5.74, 6) is 0. The molecule has 0 saturated carbocycles. The lowest BCUT2D eigenvalue weighted by Crippen LogP contribution is -2.36. The smallest absolute Gasteiger partial charge is 0.266 e. The van der Waals surface area contributed by atoms with Gasteiger partial charge in [-0.05, 0) is 36.6 Å². The molecule has 1 aromatic heterocycles. The molecule has 0 fully saturated rings. The Kier molecular flexibility index (Phi) is 4.54. The highest BCUT2D eigenvalue weighted by atomic mass is 32.2. The zero-order valence-corrected chi connectivity index (χ0v) is 17.3. The highest BCUT2D eigenvalue weighted by molar-refractivity contribution is 7.92. The molecule has 0 aliphatic carbocycles. The Morgan fingerprint density at radius 1 is 0.964 bits per heavy atom. The predicted molar refractivity (Wildman–Crippen MR) is 112 cm³/mol. The fourth-order valence-corrected chi connectivity index (χ4v) is 5.52. The van der Waals surface area contributed by atoms with E-state index in [9.17, 15) is 8.42 Å². The van der Waals surface area contributed by atoms with Gasteiger partial charge in [0.25, 0.3) is 10.0 Å². The second-order valence-corrected chi connectivity index (χ2v) is 10.0. The lowest BCUT2D eigenvalue weighted by molar-refractivity contribution is 0.540. The highest BCUT2D eigenvalue weighted by Crippen LogP contribution is 2.35. The lowest BCUT2D eigenvalue weighted by Gasteiger charge is -2.31. The SMILES string of the molecule is CC(C)(C)c1nn(-c2ccccc2)cc1S(=O)(=O)N1CCCc2ccccc21. The maximum absolute atomic E-state index is 13.7. The molecule has 1 aliphatic heterocycles. The van der Waals surface area contributed by atoms with Crippen LogP contribution in [0.1, 0.15) is 38.4 Å². The first-order valence-corrected chi connectivity index (χ1v) is 11.0. The van der Waals surface area contributed by atoms with Crippen molar-refractivity contribution in [3.63, 3.8) is 0 Å². The van der Waals surface area contributed by atoms with Crippen LogP contribution in [-0.4, -0.2) is 24.7 Å². The third-order valence-corrected chi connectivity index (χ3v) is 6.86. The number of benzene rings is 2. The minimum atomic E-state index is -3.73. The molecular formula is C22H25N3O2S. The number of aryl methyl sites for hydroxylation is 1. The van der Waals surface area contributed by atoms with Gasteiger partial charge in [0.15, 0.2) is 0 Å². The van der Waals surface area contributed by atoms with Crippen molar-refractivity contribution in [2.75, 3.05) is 10.8 Å². The van der Waals surface area contributed by atoms with Gasteiger partial charge >= 0.3 is 0 Å². The maximum Gasteiger partial charge on any atom is 0.267 e. The van der Waals surface area contributed by atoms with Crippen molar-refractivity contribution in [1.82, 2.24) is 9.78 Å². The lowest BCUT2D eigenvalue weighted by atomic mass is 9.92. The number of aromatic nitrogens is 2.